The third kappa shape index (κ3) is 1.93. The summed E-state index contributed by atoms with van der Waals surface area (Å²) in [4.78, 5) is 8.11. The number of nitrogen functional groups attached to an aromatic ring is 1. The Morgan fingerprint density at radius 2 is 2.12 bits per heavy atom. The number of aromatic nitrogens is 2. The van der Waals surface area contributed by atoms with E-state index in [0.29, 0.717) is 6.42 Å². The van der Waals surface area contributed by atoms with Crippen molar-refractivity contribution < 1.29 is 14.6 Å². The molecule has 130 valence electrons. The zero-order valence-electron chi connectivity index (χ0n) is 13.2. The number of hydrogen-bond acceptors (Lipinski definition) is 8. The number of anilines is 2. The van der Waals surface area contributed by atoms with Crippen molar-refractivity contribution >= 4 is 40.6 Å². The highest BCUT2D eigenvalue weighted by atomic mass is 35.5. The molecular formula is C14H18ClN5O3S. The number of nitrogens with one attached hydrogen (secondary N) is 1. The van der Waals surface area contributed by atoms with E-state index < -0.39 is 23.2 Å². The molecule has 8 nitrogen and oxygen atoms in total. The Balaban J connectivity index is 1.80. The fourth-order valence-corrected chi connectivity index (χ4v) is 4.74. The first kappa shape index (κ1) is 16.2. The lowest BCUT2D eigenvalue weighted by Crippen LogP contribution is -2.50. The van der Waals surface area contributed by atoms with Crippen LogP contribution in [0.1, 0.15) is 32.3 Å². The lowest BCUT2D eigenvalue weighted by molar-refractivity contribution is -0.166. The van der Waals surface area contributed by atoms with E-state index in [1.807, 2.05) is 0 Å². The zero-order valence-corrected chi connectivity index (χ0v) is 14.7. The second-order valence-electron chi connectivity index (χ2n) is 6.90. The highest BCUT2D eigenvalue weighted by Gasteiger charge is 2.85. The highest BCUT2D eigenvalue weighted by Crippen LogP contribution is 2.69. The predicted octanol–water partition coefficient (Wildman–Crippen LogP) is 0.761. The monoisotopic (exact) mass is 371 g/mol. The van der Waals surface area contributed by atoms with Crippen molar-refractivity contribution in [1.29, 1.82) is 0 Å². The summed E-state index contributed by atoms with van der Waals surface area (Å²) in [5, 5.41) is 13.7. The molecule has 1 aromatic rings. The predicted molar refractivity (Wildman–Crippen MR) is 91.4 cm³/mol. The van der Waals surface area contributed by atoms with Gasteiger partial charge in [0.05, 0.1) is 11.7 Å². The Morgan fingerprint density at radius 1 is 1.42 bits per heavy atom. The molecule has 2 saturated carbocycles. The van der Waals surface area contributed by atoms with E-state index in [2.05, 4.69) is 15.3 Å². The van der Waals surface area contributed by atoms with Gasteiger partial charge in [-0.1, -0.05) is 23.8 Å². The lowest BCUT2D eigenvalue weighted by Gasteiger charge is -2.33. The summed E-state index contributed by atoms with van der Waals surface area (Å²) in [6, 6.07) is 0. The third-order valence-corrected chi connectivity index (χ3v) is 5.46. The van der Waals surface area contributed by atoms with Crippen molar-refractivity contribution in [3.8, 4) is 0 Å². The summed E-state index contributed by atoms with van der Waals surface area (Å²) in [6.45, 7) is 3.61. The molecule has 3 aliphatic rings. The highest BCUT2D eigenvalue weighted by molar-refractivity contribution is 7.80. The average molecular weight is 372 g/mol. The van der Waals surface area contributed by atoms with Crippen molar-refractivity contribution in [3.63, 3.8) is 0 Å². The van der Waals surface area contributed by atoms with Gasteiger partial charge in [-0.2, -0.15) is 4.98 Å². The fourth-order valence-electron chi connectivity index (χ4n) is 4.21. The number of aliphatic hydroxyl groups is 1. The van der Waals surface area contributed by atoms with Crippen molar-refractivity contribution in [3.05, 3.63) is 10.7 Å². The van der Waals surface area contributed by atoms with Crippen molar-refractivity contribution in [1.82, 2.24) is 9.97 Å². The molecule has 1 aliphatic heterocycles. The van der Waals surface area contributed by atoms with Crippen LogP contribution in [0.2, 0.25) is 5.15 Å². The number of thiocarbonyl (C=S) groups is 1. The maximum atomic E-state index is 10.4. The second kappa shape index (κ2) is 4.67. The molecule has 4 atom stereocenters. The van der Waals surface area contributed by atoms with Gasteiger partial charge in [0.2, 0.25) is 5.95 Å². The van der Waals surface area contributed by atoms with Crippen LogP contribution in [0.3, 0.4) is 0 Å². The summed E-state index contributed by atoms with van der Waals surface area (Å²) in [5.74, 6) is -0.582. The van der Waals surface area contributed by atoms with Crippen LogP contribution in [0, 0.1) is 5.92 Å². The second-order valence-corrected chi connectivity index (χ2v) is 7.70. The molecule has 10 heteroatoms. The topological polar surface area (TPSA) is 129 Å². The molecule has 0 radical (unpaired) electrons. The number of nitrogens with two attached hydrogens (primary N) is 2. The molecule has 0 aromatic carbocycles. The minimum atomic E-state index is -0.954. The van der Waals surface area contributed by atoms with Crippen LogP contribution in [0.15, 0.2) is 0 Å². The largest absolute Gasteiger partial charge is 0.389 e. The SMILES string of the molecule is CC1(C)OC2(Nc3nc(N)nc(Cl)c3C(N)=S)CCC3C(O)C32O1. The zero-order chi connectivity index (χ0) is 17.5. The molecular weight excluding hydrogens is 354 g/mol. The van der Waals surface area contributed by atoms with Gasteiger partial charge in [0.25, 0.3) is 0 Å². The number of nitrogens with zero attached hydrogens (tertiary/aromatic N) is 2. The van der Waals surface area contributed by atoms with E-state index in [1.165, 1.54) is 0 Å². The molecule has 3 fully saturated rings. The average Bonchev–Trinajstić information content (AvgIpc) is 2.72. The van der Waals surface area contributed by atoms with Crippen LogP contribution < -0.4 is 16.8 Å². The van der Waals surface area contributed by atoms with Crippen molar-refractivity contribution in [2.45, 2.75) is 49.9 Å². The Labute approximate surface area is 148 Å². The van der Waals surface area contributed by atoms with Gasteiger partial charge >= 0.3 is 0 Å². The molecule has 1 spiro atoms. The lowest BCUT2D eigenvalue weighted by atomic mass is 10.0. The number of hydrogen-bond donors (Lipinski definition) is 4. The summed E-state index contributed by atoms with van der Waals surface area (Å²) in [5.41, 5.74) is 9.98. The van der Waals surface area contributed by atoms with Crippen molar-refractivity contribution in [2.75, 3.05) is 11.1 Å². The molecule has 4 unspecified atom stereocenters. The molecule has 2 heterocycles. The number of ether oxygens (including phenoxy) is 2. The Bertz CT molecular complexity index is 762. The summed E-state index contributed by atoms with van der Waals surface area (Å²) in [7, 11) is 0. The smallest absolute Gasteiger partial charge is 0.223 e. The van der Waals surface area contributed by atoms with Gasteiger partial charge in [0, 0.05) is 5.92 Å². The van der Waals surface area contributed by atoms with Crippen LogP contribution in [-0.4, -0.2) is 43.3 Å². The first-order valence-electron chi connectivity index (χ1n) is 7.61. The molecule has 1 saturated heterocycles. The van der Waals surface area contributed by atoms with E-state index >= 15 is 0 Å². The van der Waals surface area contributed by atoms with Gasteiger partial charge in [0.15, 0.2) is 17.1 Å². The Kier molecular flexibility index (Phi) is 3.16. The summed E-state index contributed by atoms with van der Waals surface area (Å²) in [6.07, 6.45) is 0.792. The minimum absolute atomic E-state index is 0.00899. The Hall–Kier alpha value is -1.26. The quantitative estimate of drug-likeness (QED) is 0.449. The first-order chi connectivity index (χ1) is 11.1. The van der Waals surface area contributed by atoms with Crippen LogP contribution >= 0.6 is 23.8 Å². The van der Waals surface area contributed by atoms with Gasteiger partial charge in [-0.05, 0) is 26.7 Å². The maximum absolute atomic E-state index is 10.4. The fraction of sp³-hybridized carbons (Fsp3) is 0.643. The van der Waals surface area contributed by atoms with Crippen LogP contribution in [0.25, 0.3) is 0 Å². The van der Waals surface area contributed by atoms with E-state index in [-0.39, 0.29) is 33.4 Å². The van der Waals surface area contributed by atoms with E-state index in [0.717, 1.165) is 6.42 Å². The van der Waals surface area contributed by atoms with Crippen LogP contribution in [0.4, 0.5) is 11.8 Å². The molecule has 4 rings (SSSR count). The normalized spacial score (nSPS) is 38.5. The van der Waals surface area contributed by atoms with Gasteiger partial charge in [-0.25, -0.2) is 4.98 Å². The standard InChI is InChI=1S/C14H18ClN5O3S/c1-12(2)22-13(4-3-5-7(21)14(5,13)23-12)20-10-6(9(16)24)8(15)18-11(17)19-10/h5,7,21H,3-4H2,1-2H3,(H2,16,24)(H3,17,18,19,20). The first-order valence-corrected chi connectivity index (χ1v) is 8.40. The molecule has 1 aromatic heterocycles. The van der Waals surface area contributed by atoms with Crippen LogP contribution in [-0.2, 0) is 9.47 Å². The van der Waals surface area contributed by atoms with Crippen molar-refractivity contribution in [2.24, 2.45) is 11.7 Å². The maximum Gasteiger partial charge on any atom is 0.223 e. The number of halogens is 1. The molecule has 2 aliphatic carbocycles. The van der Waals surface area contributed by atoms with Crippen LogP contribution in [0.5, 0.6) is 0 Å². The number of rotatable bonds is 3. The molecule has 6 N–H and O–H groups in total. The molecule has 24 heavy (non-hydrogen) atoms. The van der Waals surface area contributed by atoms with Gasteiger partial charge in [-0.3, -0.25) is 0 Å². The van der Waals surface area contributed by atoms with Gasteiger partial charge in [-0.15, -0.1) is 0 Å². The molecule has 0 amide bonds. The van der Waals surface area contributed by atoms with Gasteiger partial charge < -0.3 is 31.4 Å². The summed E-state index contributed by atoms with van der Waals surface area (Å²) >= 11 is 11.2. The van der Waals surface area contributed by atoms with E-state index in [9.17, 15) is 5.11 Å². The van der Waals surface area contributed by atoms with Gasteiger partial charge in [0.1, 0.15) is 16.0 Å². The number of aliphatic hydroxyl groups excluding tert-OH is 1. The molecule has 0 bridgehead atoms. The van der Waals surface area contributed by atoms with E-state index in [1.54, 1.807) is 13.8 Å². The summed E-state index contributed by atoms with van der Waals surface area (Å²) < 4.78 is 12.2. The Morgan fingerprint density at radius 3 is 2.75 bits per heavy atom. The third-order valence-electron chi connectivity index (χ3n) is 4.98. The van der Waals surface area contributed by atoms with E-state index in [4.69, 9.17) is 44.8 Å². The minimum Gasteiger partial charge on any atom is -0.389 e.